The fourth-order valence-electron chi connectivity index (χ4n) is 0.933. The maximum Gasteiger partial charge on any atom is 0.332 e. The fourth-order valence-corrected chi connectivity index (χ4v) is 0.933. The molecule has 0 saturated heterocycles. The Morgan fingerprint density at radius 3 is 2.41 bits per heavy atom. The van der Waals surface area contributed by atoms with Crippen molar-refractivity contribution in [2.24, 2.45) is 5.92 Å². The standard InChI is InChI=1S/C11H18N2O4/c1-8(2)11(3,7-12)13-9(14)5-17-10(15)6-16-4/h8H,5-6H2,1-4H3,(H,13,14)/t11-/m1/s1. The largest absolute Gasteiger partial charge is 0.454 e. The molecule has 0 saturated carbocycles. The van der Waals surface area contributed by atoms with Gasteiger partial charge in [-0.25, -0.2) is 4.79 Å². The van der Waals surface area contributed by atoms with Crippen LogP contribution in [-0.4, -0.2) is 37.7 Å². The highest BCUT2D eigenvalue weighted by molar-refractivity contribution is 5.81. The van der Waals surface area contributed by atoms with E-state index in [9.17, 15) is 9.59 Å². The second-order valence-electron chi connectivity index (χ2n) is 4.11. The van der Waals surface area contributed by atoms with Gasteiger partial charge in [0.2, 0.25) is 0 Å². The van der Waals surface area contributed by atoms with Crippen LogP contribution in [0.25, 0.3) is 0 Å². The summed E-state index contributed by atoms with van der Waals surface area (Å²) >= 11 is 0. The van der Waals surface area contributed by atoms with Crippen LogP contribution in [-0.2, 0) is 19.1 Å². The van der Waals surface area contributed by atoms with E-state index in [1.165, 1.54) is 7.11 Å². The molecule has 17 heavy (non-hydrogen) atoms. The highest BCUT2D eigenvalue weighted by Gasteiger charge is 2.30. The molecular weight excluding hydrogens is 224 g/mol. The number of amides is 1. The van der Waals surface area contributed by atoms with Crippen LogP contribution in [0.5, 0.6) is 0 Å². The molecule has 0 aromatic carbocycles. The van der Waals surface area contributed by atoms with Gasteiger partial charge in [-0.3, -0.25) is 4.79 Å². The van der Waals surface area contributed by atoms with Crippen molar-refractivity contribution in [2.75, 3.05) is 20.3 Å². The van der Waals surface area contributed by atoms with Crippen molar-refractivity contribution in [2.45, 2.75) is 26.3 Å². The van der Waals surface area contributed by atoms with Gasteiger partial charge in [0.15, 0.2) is 6.61 Å². The Labute approximate surface area is 101 Å². The van der Waals surface area contributed by atoms with E-state index in [1.807, 2.05) is 19.9 Å². The third kappa shape index (κ3) is 5.31. The van der Waals surface area contributed by atoms with Crippen molar-refractivity contribution in [3.63, 3.8) is 0 Å². The summed E-state index contributed by atoms with van der Waals surface area (Å²) in [4.78, 5) is 22.4. The molecule has 1 atom stereocenters. The molecule has 0 radical (unpaired) electrons. The molecule has 0 heterocycles. The minimum absolute atomic E-state index is 0.0499. The summed E-state index contributed by atoms with van der Waals surface area (Å²) in [5.41, 5.74) is -0.968. The number of methoxy groups -OCH3 is 1. The molecule has 0 aromatic heterocycles. The van der Waals surface area contributed by atoms with Gasteiger partial charge in [0, 0.05) is 7.11 Å². The summed E-state index contributed by atoms with van der Waals surface area (Å²) in [5.74, 6) is -1.18. The van der Waals surface area contributed by atoms with Crippen LogP contribution in [0.4, 0.5) is 0 Å². The van der Waals surface area contributed by atoms with Crippen molar-refractivity contribution < 1.29 is 19.1 Å². The first-order valence-corrected chi connectivity index (χ1v) is 5.22. The smallest absolute Gasteiger partial charge is 0.332 e. The molecule has 0 unspecified atom stereocenters. The number of nitrogens with one attached hydrogen (secondary N) is 1. The first kappa shape index (κ1) is 15.4. The molecule has 0 aromatic rings. The minimum atomic E-state index is -0.968. The maximum absolute atomic E-state index is 11.5. The Kier molecular flexibility index (Phi) is 6.21. The van der Waals surface area contributed by atoms with Gasteiger partial charge in [-0.2, -0.15) is 5.26 Å². The molecule has 0 fully saturated rings. The van der Waals surface area contributed by atoms with Crippen LogP contribution >= 0.6 is 0 Å². The van der Waals surface area contributed by atoms with Crippen LogP contribution in [0.3, 0.4) is 0 Å². The van der Waals surface area contributed by atoms with E-state index < -0.39 is 24.0 Å². The van der Waals surface area contributed by atoms with Gasteiger partial charge in [0.1, 0.15) is 12.1 Å². The monoisotopic (exact) mass is 242 g/mol. The number of rotatable bonds is 6. The molecule has 0 rings (SSSR count). The van der Waals surface area contributed by atoms with Crippen molar-refractivity contribution in [3.05, 3.63) is 0 Å². The number of esters is 1. The van der Waals surface area contributed by atoms with E-state index in [1.54, 1.807) is 6.92 Å². The first-order valence-electron chi connectivity index (χ1n) is 5.22. The lowest BCUT2D eigenvalue weighted by atomic mass is 9.90. The first-order chi connectivity index (χ1) is 7.85. The molecule has 1 amide bonds. The van der Waals surface area contributed by atoms with Gasteiger partial charge in [0.05, 0.1) is 6.07 Å². The number of carbonyl (C=O) groups excluding carboxylic acids is 2. The van der Waals surface area contributed by atoms with Crippen LogP contribution in [0.15, 0.2) is 0 Å². The molecule has 0 spiro atoms. The van der Waals surface area contributed by atoms with Gasteiger partial charge in [0.25, 0.3) is 5.91 Å². The third-order valence-electron chi connectivity index (χ3n) is 2.41. The predicted octanol–water partition coefficient (Wildman–Crippen LogP) is 0.230. The Balaban J connectivity index is 4.19. The predicted molar refractivity (Wildman–Crippen MR) is 59.8 cm³/mol. The van der Waals surface area contributed by atoms with E-state index in [0.29, 0.717) is 0 Å². The zero-order valence-electron chi connectivity index (χ0n) is 10.6. The molecule has 6 heteroatoms. The van der Waals surface area contributed by atoms with Crippen molar-refractivity contribution in [1.82, 2.24) is 5.32 Å². The van der Waals surface area contributed by atoms with E-state index in [4.69, 9.17) is 5.26 Å². The summed E-state index contributed by atoms with van der Waals surface area (Å²) in [6.07, 6.45) is 0. The number of carbonyl (C=O) groups is 2. The molecule has 0 bridgehead atoms. The Morgan fingerprint density at radius 2 is 2.00 bits per heavy atom. The normalized spacial score (nSPS) is 13.6. The van der Waals surface area contributed by atoms with E-state index in [2.05, 4.69) is 14.8 Å². The lowest BCUT2D eigenvalue weighted by molar-refractivity contribution is -0.152. The van der Waals surface area contributed by atoms with Crippen molar-refractivity contribution in [3.8, 4) is 6.07 Å². The van der Waals surface area contributed by atoms with Gasteiger partial charge in [-0.05, 0) is 12.8 Å². The fraction of sp³-hybridized carbons (Fsp3) is 0.727. The summed E-state index contributed by atoms with van der Waals surface area (Å²) in [6.45, 7) is 4.65. The average Bonchev–Trinajstić information content (AvgIpc) is 2.26. The molecular formula is C11H18N2O4. The number of nitrogens with zero attached hydrogens (tertiary/aromatic N) is 1. The zero-order valence-corrected chi connectivity index (χ0v) is 10.6. The van der Waals surface area contributed by atoms with Crippen LogP contribution in [0, 0.1) is 17.2 Å². The molecule has 96 valence electrons. The van der Waals surface area contributed by atoms with Crippen molar-refractivity contribution >= 4 is 11.9 Å². The highest BCUT2D eigenvalue weighted by Crippen LogP contribution is 2.14. The summed E-state index contributed by atoms with van der Waals surface area (Å²) in [7, 11) is 1.35. The lowest BCUT2D eigenvalue weighted by Crippen LogP contribution is -2.50. The Hall–Kier alpha value is -1.61. The molecule has 6 nitrogen and oxygen atoms in total. The van der Waals surface area contributed by atoms with Crippen LogP contribution < -0.4 is 5.32 Å². The topological polar surface area (TPSA) is 88.4 Å². The highest BCUT2D eigenvalue weighted by atomic mass is 16.6. The Morgan fingerprint density at radius 1 is 1.41 bits per heavy atom. The molecule has 0 aliphatic carbocycles. The Bertz CT molecular complexity index is 322. The second-order valence-corrected chi connectivity index (χ2v) is 4.11. The second kappa shape index (κ2) is 6.86. The lowest BCUT2D eigenvalue weighted by Gasteiger charge is -2.27. The number of hydrogen-bond donors (Lipinski definition) is 1. The minimum Gasteiger partial charge on any atom is -0.454 e. The van der Waals surface area contributed by atoms with Crippen LogP contribution in [0.2, 0.25) is 0 Å². The SMILES string of the molecule is COCC(=O)OCC(=O)N[C@](C)(C#N)C(C)C. The molecule has 0 aliphatic rings. The molecule has 1 N–H and O–H groups in total. The maximum atomic E-state index is 11.5. The quantitative estimate of drug-likeness (QED) is 0.673. The number of nitriles is 1. The molecule has 0 aliphatic heterocycles. The van der Waals surface area contributed by atoms with Gasteiger partial charge in [-0.1, -0.05) is 13.8 Å². The van der Waals surface area contributed by atoms with Gasteiger partial charge < -0.3 is 14.8 Å². The van der Waals surface area contributed by atoms with E-state index >= 15 is 0 Å². The number of hydrogen-bond acceptors (Lipinski definition) is 5. The zero-order chi connectivity index (χ0) is 13.5. The van der Waals surface area contributed by atoms with Gasteiger partial charge in [-0.15, -0.1) is 0 Å². The van der Waals surface area contributed by atoms with E-state index in [-0.39, 0.29) is 12.5 Å². The summed E-state index contributed by atoms with van der Waals surface area (Å²) in [5, 5.41) is 11.5. The average molecular weight is 242 g/mol. The summed E-state index contributed by atoms with van der Waals surface area (Å²) < 4.78 is 9.17. The summed E-state index contributed by atoms with van der Waals surface area (Å²) in [6, 6.07) is 2.02. The van der Waals surface area contributed by atoms with Crippen molar-refractivity contribution in [1.29, 1.82) is 5.26 Å². The van der Waals surface area contributed by atoms with E-state index in [0.717, 1.165) is 0 Å². The van der Waals surface area contributed by atoms with Gasteiger partial charge >= 0.3 is 5.97 Å². The third-order valence-corrected chi connectivity index (χ3v) is 2.41. The van der Waals surface area contributed by atoms with Crippen LogP contribution in [0.1, 0.15) is 20.8 Å². The number of ether oxygens (including phenoxy) is 2.